The van der Waals surface area contributed by atoms with E-state index in [1.807, 2.05) is 19.2 Å². The second kappa shape index (κ2) is 7.23. The number of nitrogens with one attached hydrogen (secondary N) is 1. The van der Waals surface area contributed by atoms with Crippen LogP contribution in [0.25, 0.3) is 4.96 Å². The van der Waals surface area contributed by atoms with Crippen molar-refractivity contribution in [3.63, 3.8) is 0 Å². The van der Waals surface area contributed by atoms with Gasteiger partial charge in [0.05, 0.1) is 5.60 Å². The third kappa shape index (κ3) is 3.79. The Hall–Kier alpha value is -1.73. The lowest BCUT2D eigenvalue weighted by atomic mass is 9.92. The van der Waals surface area contributed by atoms with Crippen LogP contribution in [0.15, 0.2) is 16.4 Å². The van der Waals surface area contributed by atoms with Gasteiger partial charge in [0, 0.05) is 23.8 Å². The number of carbonyl (C=O) groups excluding carboxylic acids is 1. The highest BCUT2D eigenvalue weighted by Gasteiger charge is 2.26. The maximum absolute atomic E-state index is 12.4. The van der Waals surface area contributed by atoms with Crippen LogP contribution in [0.4, 0.5) is 0 Å². The summed E-state index contributed by atoms with van der Waals surface area (Å²) in [5.41, 5.74) is -0.545. The number of carbonyl (C=O) groups is 1. The maximum Gasteiger partial charge on any atom is 0.271 e. The second-order valence-corrected chi connectivity index (χ2v) is 6.72. The number of hydrogen-bond donors (Lipinski definition) is 2. The Kier molecular flexibility index (Phi) is 5.54. The average molecular weight is 337 g/mol. The minimum atomic E-state index is -0.925. The van der Waals surface area contributed by atoms with E-state index in [0.29, 0.717) is 17.8 Å². The molecule has 2 heterocycles. The van der Waals surface area contributed by atoms with Crippen LogP contribution in [0.5, 0.6) is 0 Å². The van der Waals surface area contributed by atoms with Gasteiger partial charge in [-0.25, -0.2) is 4.98 Å². The first-order valence-corrected chi connectivity index (χ1v) is 8.76. The van der Waals surface area contributed by atoms with Gasteiger partial charge in [0.25, 0.3) is 11.5 Å². The summed E-state index contributed by atoms with van der Waals surface area (Å²) >= 11 is 1.36. The van der Waals surface area contributed by atoms with Crippen molar-refractivity contribution in [2.45, 2.75) is 52.1 Å². The SMILES string of the molecule is CCCC(O)(CCC)CNC(=O)c1cnc2scc(C)n2c1=O. The lowest BCUT2D eigenvalue weighted by Crippen LogP contribution is -2.44. The zero-order valence-corrected chi connectivity index (χ0v) is 14.6. The molecule has 1 amide bonds. The molecule has 2 rings (SSSR count). The molecule has 0 fully saturated rings. The smallest absolute Gasteiger partial charge is 0.271 e. The molecule has 0 aromatic carbocycles. The van der Waals surface area contributed by atoms with E-state index < -0.39 is 11.5 Å². The van der Waals surface area contributed by atoms with E-state index in [0.717, 1.165) is 18.5 Å². The predicted octanol–water partition coefficient (Wildman–Crippen LogP) is 2.13. The van der Waals surface area contributed by atoms with Crippen LogP contribution in [0.2, 0.25) is 0 Å². The third-order valence-corrected chi connectivity index (χ3v) is 4.83. The summed E-state index contributed by atoms with van der Waals surface area (Å²) in [6, 6.07) is 0. The molecular formula is C16H23N3O3S. The van der Waals surface area contributed by atoms with Gasteiger partial charge in [-0.1, -0.05) is 26.7 Å². The summed E-state index contributed by atoms with van der Waals surface area (Å²) in [6.07, 6.45) is 4.19. The quantitative estimate of drug-likeness (QED) is 0.811. The number of aryl methyl sites for hydroxylation is 1. The lowest BCUT2D eigenvalue weighted by Gasteiger charge is -2.27. The van der Waals surface area contributed by atoms with Gasteiger partial charge in [-0.2, -0.15) is 0 Å². The molecule has 0 bridgehead atoms. The molecule has 2 aromatic rings. The fourth-order valence-electron chi connectivity index (χ4n) is 2.75. The van der Waals surface area contributed by atoms with E-state index in [1.54, 1.807) is 6.92 Å². The summed E-state index contributed by atoms with van der Waals surface area (Å²) in [6.45, 7) is 5.92. The molecule has 6 nitrogen and oxygen atoms in total. The van der Waals surface area contributed by atoms with Gasteiger partial charge in [-0.3, -0.25) is 14.0 Å². The van der Waals surface area contributed by atoms with Crippen molar-refractivity contribution >= 4 is 22.2 Å². The highest BCUT2D eigenvalue weighted by molar-refractivity contribution is 7.15. The van der Waals surface area contributed by atoms with E-state index in [1.165, 1.54) is 21.9 Å². The summed E-state index contributed by atoms with van der Waals surface area (Å²) in [4.78, 5) is 29.5. The molecule has 0 aliphatic rings. The minimum absolute atomic E-state index is 0.000605. The molecule has 0 spiro atoms. The maximum atomic E-state index is 12.4. The highest BCUT2D eigenvalue weighted by Crippen LogP contribution is 2.18. The van der Waals surface area contributed by atoms with Gasteiger partial charge in [0.2, 0.25) is 0 Å². The lowest BCUT2D eigenvalue weighted by molar-refractivity contribution is 0.0212. The van der Waals surface area contributed by atoms with Crippen LogP contribution in [0, 0.1) is 6.92 Å². The highest BCUT2D eigenvalue weighted by atomic mass is 32.1. The Morgan fingerprint density at radius 2 is 2.04 bits per heavy atom. The first kappa shape index (κ1) is 17.6. The average Bonchev–Trinajstić information content (AvgIpc) is 2.88. The van der Waals surface area contributed by atoms with E-state index in [4.69, 9.17) is 0 Å². The Bertz CT molecular complexity index is 745. The van der Waals surface area contributed by atoms with Crippen molar-refractivity contribution in [2.24, 2.45) is 0 Å². The second-order valence-electron chi connectivity index (χ2n) is 5.88. The fourth-order valence-corrected chi connectivity index (χ4v) is 3.58. The monoisotopic (exact) mass is 337 g/mol. The van der Waals surface area contributed by atoms with Crippen LogP contribution in [0.3, 0.4) is 0 Å². The molecule has 0 unspecified atom stereocenters. The van der Waals surface area contributed by atoms with Crippen molar-refractivity contribution in [3.8, 4) is 0 Å². The van der Waals surface area contributed by atoms with E-state index in [9.17, 15) is 14.7 Å². The van der Waals surface area contributed by atoms with Crippen LogP contribution in [-0.4, -0.2) is 32.5 Å². The van der Waals surface area contributed by atoms with Crippen molar-refractivity contribution in [1.29, 1.82) is 0 Å². The fraction of sp³-hybridized carbons (Fsp3) is 0.562. The molecule has 0 saturated heterocycles. The number of rotatable bonds is 7. The van der Waals surface area contributed by atoms with Crippen LogP contribution in [0.1, 0.15) is 55.6 Å². The Morgan fingerprint density at radius 3 is 2.65 bits per heavy atom. The standard InChI is InChI=1S/C16H23N3O3S/c1-4-6-16(22,7-5-2)10-18-13(20)12-8-17-15-19(14(12)21)11(3)9-23-15/h8-9,22H,4-7,10H2,1-3H3,(H,18,20). The molecule has 0 aliphatic heterocycles. The normalized spacial score (nSPS) is 11.8. The van der Waals surface area contributed by atoms with Gasteiger partial charge in [-0.05, 0) is 19.8 Å². The molecule has 23 heavy (non-hydrogen) atoms. The largest absolute Gasteiger partial charge is 0.388 e. The minimum Gasteiger partial charge on any atom is -0.388 e. The van der Waals surface area contributed by atoms with Crippen molar-refractivity contribution in [3.05, 3.63) is 33.2 Å². The molecule has 2 aromatic heterocycles. The van der Waals surface area contributed by atoms with Gasteiger partial charge in [0.15, 0.2) is 4.96 Å². The molecule has 0 atom stereocenters. The van der Waals surface area contributed by atoms with Crippen molar-refractivity contribution < 1.29 is 9.90 Å². The molecular weight excluding hydrogens is 314 g/mol. The van der Waals surface area contributed by atoms with E-state index in [2.05, 4.69) is 10.3 Å². The number of aliphatic hydroxyl groups is 1. The Balaban J connectivity index is 2.19. The van der Waals surface area contributed by atoms with Crippen LogP contribution < -0.4 is 10.9 Å². The summed E-state index contributed by atoms with van der Waals surface area (Å²) in [5.74, 6) is -0.492. The first-order valence-electron chi connectivity index (χ1n) is 7.88. The molecule has 0 saturated carbocycles. The zero-order chi connectivity index (χ0) is 17.0. The first-order chi connectivity index (χ1) is 10.9. The Morgan fingerprint density at radius 1 is 1.39 bits per heavy atom. The van der Waals surface area contributed by atoms with Gasteiger partial charge in [-0.15, -0.1) is 11.3 Å². The molecule has 126 valence electrons. The van der Waals surface area contributed by atoms with Crippen molar-refractivity contribution in [1.82, 2.24) is 14.7 Å². The molecule has 7 heteroatoms. The zero-order valence-electron chi connectivity index (χ0n) is 13.8. The molecule has 0 radical (unpaired) electrons. The van der Waals surface area contributed by atoms with Crippen LogP contribution in [-0.2, 0) is 0 Å². The number of fused-ring (bicyclic) bond motifs is 1. The number of amides is 1. The molecule has 0 aliphatic carbocycles. The summed E-state index contributed by atoms with van der Waals surface area (Å²) in [5, 5.41) is 15.1. The van der Waals surface area contributed by atoms with Gasteiger partial charge < -0.3 is 10.4 Å². The third-order valence-electron chi connectivity index (χ3n) is 3.87. The van der Waals surface area contributed by atoms with E-state index in [-0.39, 0.29) is 17.7 Å². The Labute approximate surface area is 139 Å². The summed E-state index contributed by atoms with van der Waals surface area (Å²) in [7, 11) is 0. The van der Waals surface area contributed by atoms with Crippen molar-refractivity contribution in [2.75, 3.05) is 6.54 Å². The summed E-state index contributed by atoms with van der Waals surface area (Å²) < 4.78 is 1.43. The number of thiazole rings is 1. The van der Waals surface area contributed by atoms with Gasteiger partial charge >= 0.3 is 0 Å². The molecule has 2 N–H and O–H groups in total. The number of nitrogens with zero attached hydrogens (tertiary/aromatic N) is 2. The number of hydrogen-bond acceptors (Lipinski definition) is 5. The predicted molar refractivity (Wildman–Crippen MR) is 91.2 cm³/mol. The number of aromatic nitrogens is 2. The topological polar surface area (TPSA) is 83.7 Å². The van der Waals surface area contributed by atoms with Gasteiger partial charge in [0.1, 0.15) is 5.56 Å². The van der Waals surface area contributed by atoms with Crippen LogP contribution >= 0.6 is 11.3 Å². The van der Waals surface area contributed by atoms with E-state index >= 15 is 0 Å².